The van der Waals surface area contributed by atoms with Crippen LogP contribution in [0.25, 0.3) is 0 Å². The highest BCUT2D eigenvalue weighted by molar-refractivity contribution is 8.00. The maximum absolute atomic E-state index is 12.2. The first kappa shape index (κ1) is 16.2. The van der Waals surface area contributed by atoms with Crippen LogP contribution >= 0.6 is 23.5 Å². The van der Waals surface area contributed by atoms with Crippen LogP contribution in [-0.4, -0.2) is 17.8 Å². The second-order valence-corrected chi connectivity index (χ2v) is 7.09. The van der Waals surface area contributed by atoms with E-state index in [1.807, 2.05) is 30.5 Å². The molecule has 0 saturated carbocycles. The van der Waals surface area contributed by atoms with Crippen molar-refractivity contribution < 1.29 is 4.79 Å². The van der Waals surface area contributed by atoms with Crippen molar-refractivity contribution in [3.8, 4) is 0 Å². The fourth-order valence-electron chi connectivity index (χ4n) is 1.96. The van der Waals surface area contributed by atoms with Crippen LogP contribution in [0.2, 0.25) is 0 Å². The zero-order valence-corrected chi connectivity index (χ0v) is 14.3. The number of rotatable bonds is 6. The summed E-state index contributed by atoms with van der Waals surface area (Å²) >= 11 is 3.29. The topological polar surface area (TPSA) is 17.1 Å². The first-order valence-corrected chi connectivity index (χ1v) is 9.21. The van der Waals surface area contributed by atoms with Gasteiger partial charge < -0.3 is 0 Å². The molecule has 0 fully saturated rings. The van der Waals surface area contributed by atoms with E-state index in [0.717, 1.165) is 10.5 Å². The van der Waals surface area contributed by atoms with Crippen molar-refractivity contribution >= 4 is 29.3 Å². The lowest BCUT2D eigenvalue weighted by Crippen LogP contribution is -2.01. The summed E-state index contributed by atoms with van der Waals surface area (Å²) in [6.45, 7) is 4.37. The Balaban J connectivity index is 1.93. The van der Waals surface area contributed by atoms with E-state index in [1.165, 1.54) is 10.5 Å². The molecule has 0 N–H and O–H groups in total. The van der Waals surface area contributed by atoms with Gasteiger partial charge in [0.2, 0.25) is 0 Å². The number of carbonyl (C=O) groups is 1. The minimum absolute atomic E-state index is 0.181. The maximum Gasteiger partial charge on any atom is 0.173 e. The van der Waals surface area contributed by atoms with Gasteiger partial charge in [0.05, 0.1) is 5.75 Å². The van der Waals surface area contributed by atoms with Gasteiger partial charge >= 0.3 is 0 Å². The summed E-state index contributed by atoms with van der Waals surface area (Å²) in [6.07, 6.45) is 2.04. The molecule has 0 spiro atoms. The summed E-state index contributed by atoms with van der Waals surface area (Å²) in [5, 5.41) is 0. The maximum atomic E-state index is 12.2. The zero-order chi connectivity index (χ0) is 15.2. The van der Waals surface area contributed by atoms with Crippen LogP contribution in [0.4, 0.5) is 0 Å². The molecular formula is C18H20OS2. The van der Waals surface area contributed by atoms with Crippen LogP contribution in [0.5, 0.6) is 0 Å². The van der Waals surface area contributed by atoms with Gasteiger partial charge in [0, 0.05) is 15.4 Å². The molecule has 0 aliphatic carbocycles. The van der Waals surface area contributed by atoms with Crippen LogP contribution < -0.4 is 0 Å². The van der Waals surface area contributed by atoms with E-state index in [-0.39, 0.29) is 5.78 Å². The van der Waals surface area contributed by atoms with Crippen LogP contribution in [0.3, 0.4) is 0 Å². The van der Waals surface area contributed by atoms with Gasteiger partial charge in [0.15, 0.2) is 5.78 Å². The van der Waals surface area contributed by atoms with Gasteiger partial charge in [-0.2, -0.15) is 0 Å². The number of carbonyl (C=O) groups excluding carboxylic acids is 1. The van der Waals surface area contributed by atoms with Gasteiger partial charge in [0.1, 0.15) is 0 Å². The third-order valence-corrected chi connectivity index (χ3v) is 5.08. The number of hydrogen-bond acceptors (Lipinski definition) is 3. The molecular weight excluding hydrogens is 296 g/mol. The average Bonchev–Trinajstić information content (AvgIpc) is 2.53. The molecule has 0 bridgehead atoms. The molecule has 2 aromatic carbocycles. The van der Waals surface area contributed by atoms with Crippen molar-refractivity contribution in [1.29, 1.82) is 0 Å². The molecule has 21 heavy (non-hydrogen) atoms. The van der Waals surface area contributed by atoms with Crippen LogP contribution in [0, 0.1) is 0 Å². The lowest BCUT2D eigenvalue weighted by molar-refractivity contribution is 0.102. The molecule has 0 atom stereocenters. The van der Waals surface area contributed by atoms with Crippen molar-refractivity contribution in [2.75, 3.05) is 12.0 Å². The second-order valence-electron chi connectivity index (χ2n) is 5.16. The third kappa shape index (κ3) is 4.65. The average molecular weight is 316 g/mol. The number of benzene rings is 2. The first-order valence-electron chi connectivity index (χ1n) is 7.00. The van der Waals surface area contributed by atoms with E-state index >= 15 is 0 Å². The molecule has 0 radical (unpaired) electrons. The summed E-state index contributed by atoms with van der Waals surface area (Å²) in [4.78, 5) is 14.5. The smallest absolute Gasteiger partial charge is 0.173 e. The standard InChI is InChI=1S/C18H20OS2/c1-13(2)14-4-10-17(11-5-14)21-12-18(19)15-6-8-16(20-3)9-7-15/h4-11,13H,12H2,1-3H3. The number of ketones is 1. The van der Waals surface area contributed by atoms with E-state index in [1.54, 1.807) is 23.5 Å². The predicted octanol–water partition coefficient (Wildman–Crippen LogP) is 5.51. The number of thioether (sulfide) groups is 2. The molecule has 0 heterocycles. The lowest BCUT2D eigenvalue weighted by Gasteiger charge is -2.06. The van der Waals surface area contributed by atoms with Gasteiger partial charge in [0.25, 0.3) is 0 Å². The van der Waals surface area contributed by atoms with Crippen LogP contribution in [0.1, 0.15) is 35.7 Å². The highest BCUT2D eigenvalue weighted by Crippen LogP contribution is 2.23. The third-order valence-electron chi connectivity index (χ3n) is 3.33. The van der Waals surface area contributed by atoms with Gasteiger partial charge in [-0.25, -0.2) is 0 Å². The Hall–Kier alpha value is -1.19. The van der Waals surface area contributed by atoms with Crippen molar-refractivity contribution in [1.82, 2.24) is 0 Å². The monoisotopic (exact) mass is 316 g/mol. The molecule has 1 nitrogen and oxygen atoms in total. The molecule has 0 aromatic heterocycles. The Labute approximate surface area is 135 Å². The Bertz CT molecular complexity index is 586. The quantitative estimate of drug-likeness (QED) is 0.517. The molecule has 0 aliphatic rings. The molecule has 0 saturated heterocycles. The Morgan fingerprint density at radius 1 is 0.952 bits per heavy atom. The van der Waals surface area contributed by atoms with E-state index in [4.69, 9.17) is 0 Å². The van der Waals surface area contributed by atoms with Gasteiger partial charge in [-0.15, -0.1) is 23.5 Å². The summed E-state index contributed by atoms with van der Waals surface area (Å²) in [7, 11) is 0. The highest BCUT2D eigenvalue weighted by atomic mass is 32.2. The molecule has 0 unspecified atom stereocenters. The van der Waals surface area contributed by atoms with Crippen LogP contribution in [0.15, 0.2) is 58.3 Å². The molecule has 110 valence electrons. The normalized spacial score (nSPS) is 10.9. The fourth-order valence-corrected chi connectivity index (χ4v) is 3.16. The highest BCUT2D eigenvalue weighted by Gasteiger charge is 2.07. The Kier molecular flexibility index (Phi) is 5.95. The van der Waals surface area contributed by atoms with E-state index in [9.17, 15) is 4.79 Å². The molecule has 0 amide bonds. The van der Waals surface area contributed by atoms with Gasteiger partial charge in [-0.3, -0.25) is 4.79 Å². The van der Waals surface area contributed by atoms with Gasteiger partial charge in [-0.05, 0) is 42.0 Å². The minimum atomic E-state index is 0.181. The van der Waals surface area contributed by atoms with E-state index in [0.29, 0.717) is 11.7 Å². The number of Topliss-reactive ketones (excluding diaryl/α,β-unsaturated/α-hetero) is 1. The van der Waals surface area contributed by atoms with Crippen molar-refractivity contribution in [3.63, 3.8) is 0 Å². The minimum Gasteiger partial charge on any atom is -0.293 e. The van der Waals surface area contributed by atoms with Crippen LogP contribution in [-0.2, 0) is 0 Å². The fraction of sp³-hybridized carbons (Fsp3) is 0.278. The summed E-state index contributed by atoms with van der Waals surface area (Å²) in [6, 6.07) is 16.3. The molecule has 2 aromatic rings. The SMILES string of the molecule is CSc1ccc(C(=O)CSc2ccc(C(C)C)cc2)cc1. The first-order chi connectivity index (χ1) is 10.1. The zero-order valence-electron chi connectivity index (χ0n) is 12.6. The molecule has 0 aliphatic heterocycles. The Morgan fingerprint density at radius 3 is 2.05 bits per heavy atom. The molecule has 2 rings (SSSR count). The van der Waals surface area contributed by atoms with E-state index < -0.39 is 0 Å². The summed E-state index contributed by atoms with van der Waals surface area (Å²) in [5.74, 6) is 1.21. The summed E-state index contributed by atoms with van der Waals surface area (Å²) in [5.41, 5.74) is 2.12. The largest absolute Gasteiger partial charge is 0.293 e. The number of hydrogen-bond donors (Lipinski definition) is 0. The lowest BCUT2D eigenvalue weighted by atomic mass is 10.0. The van der Waals surface area contributed by atoms with Crippen molar-refractivity contribution in [3.05, 3.63) is 59.7 Å². The Morgan fingerprint density at radius 2 is 1.52 bits per heavy atom. The second kappa shape index (κ2) is 7.71. The predicted molar refractivity (Wildman–Crippen MR) is 93.8 cm³/mol. The van der Waals surface area contributed by atoms with Crippen molar-refractivity contribution in [2.45, 2.75) is 29.6 Å². The molecule has 3 heteroatoms. The van der Waals surface area contributed by atoms with Crippen molar-refractivity contribution in [2.24, 2.45) is 0 Å². The van der Waals surface area contributed by atoms with E-state index in [2.05, 4.69) is 38.1 Å². The van der Waals surface area contributed by atoms with Gasteiger partial charge in [-0.1, -0.05) is 38.1 Å². The summed E-state index contributed by atoms with van der Waals surface area (Å²) < 4.78 is 0.